The lowest BCUT2D eigenvalue weighted by atomic mass is 10.1. The van der Waals surface area contributed by atoms with Crippen molar-refractivity contribution >= 4 is 5.97 Å². The summed E-state index contributed by atoms with van der Waals surface area (Å²) in [5, 5.41) is 13.1. The van der Waals surface area contributed by atoms with E-state index >= 15 is 0 Å². The van der Waals surface area contributed by atoms with Gasteiger partial charge in [-0.15, -0.1) is 0 Å². The first-order valence-electron chi connectivity index (χ1n) is 7.65. The molecule has 25 heavy (non-hydrogen) atoms. The lowest BCUT2D eigenvalue weighted by molar-refractivity contribution is -0.139. The number of aryl methyl sites for hydroxylation is 1. The molecule has 7 nitrogen and oxygen atoms in total. The maximum absolute atomic E-state index is 11.8. The number of hydrogen-bond acceptors (Lipinski definition) is 4. The molecule has 128 valence electrons. The lowest BCUT2D eigenvalue weighted by Crippen LogP contribution is -2.17. The highest BCUT2D eigenvalue weighted by atomic mass is 16.5. The van der Waals surface area contributed by atoms with Crippen molar-refractivity contribution in [2.45, 2.75) is 6.54 Å². The molecule has 0 spiro atoms. The molecule has 0 radical (unpaired) electrons. The molecule has 0 aliphatic heterocycles. The molecular formula is C18H17N3O4. The van der Waals surface area contributed by atoms with Gasteiger partial charge in [-0.1, -0.05) is 30.3 Å². The van der Waals surface area contributed by atoms with Crippen molar-refractivity contribution in [3.05, 3.63) is 70.9 Å². The van der Waals surface area contributed by atoms with E-state index in [0.717, 1.165) is 11.1 Å². The highest BCUT2D eigenvalue weighted by Gasteiger charge is 2.13. The second kappa shape index (κ2) is 7.04. The highest BCUT2D eigenvalue weighted by molar-refractivity contribution is 5.71. The molecule has 0 aliphatic rings. The first-order valence-corrected chi connectivity index (χ1v) is 7.65. The third-order valence-corrected chi connectivity index (χ3v) is 3.67. The van der Waals surface area contributed by atoms with Gasteiger partial charge in [-0.05, 0) is 5.56 Å². The third-order valence-electron chi connectivity index (χ3n) is 3.67. The van der Waals surface area contributed by atoms with Gasteiger partial charge < -0.3 is 14.4 Å². The van der Waals surface area contributed by atoms with E-state index < -0.39 is 12.6 Å². The van der Waals surface area contributed by atoms with Crippen LogP contribution in [0.1, 0.15) is 5.56 Å². The summed E-state index contributed by atoms with van der Waals surface area (Å²) in [6.07, 6.45) is 5.11. The van der Waals surface area contributed by atoms with E-state index in [-0.39, 0.29) is 11.3 Å². The molecule has 2 heterocycles. The van der Waals surface area contributed by atoms with Gasteiger partial charge in [0.15, 0.2) is 6.61 Å². The van der Waals surface area contributed by atoms with Gasteiger partial charge in [-0.25, -0.2) is 4.79 Å². The van der Waals surface area contributed by atoms with Crippen molar-refractivity contribution in [3.63, 3.8) is 0 Å². The van der Waals surface area contributed by atoms with Crippen LogP contribution in [0.15, 0.2) is 59.8 Å². The molecule has 0 aliphatic carbocycles. The van der Waals surface area contributed by atoms with Crippen LogP contribution >= 0.6 is 0 Å². The van der Waals surface area contributed by atoms with Gasteiger partial charge in [0.1, 0.15) is 5.75 Å². The maximum Gasteiger partial charge on any atom is 0.341 e. The van der Waals surface area contributed by atoms with Crippen molar-refractivity contribution in [1.29, 1.82) is 0 Å². The Kier molecular flexibility index (Phi) is 4.65. The van der Waals surface area contributed by atoms with Crippen LogP contribution in [0.5, 0.6) is 5.75 Å². The van der Waals surface area contributed by atoms with Gasteiger partial charge in [0.2, 0.25) is 0 Å². The Morgan fingerprint density at radius 2 is 2.00 bits per heavy atom. The topological polar surface area (TPSA) is 86.3 Å². The molecule has 3 rings (SSSR count). The minimum Gasteiger partial charge on any atom is -0.481 e. The van der Waals surface area contributed by atoms with Gasteiger partial charge in [-0.2, -0.15) is 5.10 Å². The number of carbonyl (C=O) groups is 1. The molecule has 0 saturated heterocycles. The smallest absolute Gasteiger partial charge is 0.341 e. The van der Waals surface area contributed by atoms with Gasteiger partial charge in [0, 0.05) is 36.6 Å². The fourth-order valence-corrected chi connectivity index (χ4v) is 2.45. The van der Waals surface area contributed by atoms with Crippen molar-refractivity contribution in [2.24, 2.45) is 7.05 Å². The Labute approximate surface area is 143 Å². The monoisotopic (exact) mass is 339 g/mol. The number of ether oxygens (including phenoxy) is 1. The van der Waals surface area contributed by atoms with Gasteiger partial charge in [0.05, 0.1) is 12.7 Å². The Morgan fingerprint density at radius 3 is 2.72 bits per heavy atom. The summed E-state index contributed by atoms with van der Waals surface area (Å²) in [4.78, 5) is 22.6. The van der Waals surface area contributed by atoms with Crippen molar-refractivity contribution < 1.29 is 14.6 Å². The molecule has 0 saturated carbocycles. The van der Waals surface area contributed by atoms with Crippen LogP contribution < -0.4 is 10.3 Å². The van der Waals surface area contributed by atoms with Crippen molar-refractivity contribution in [1.82, 2.24) is 14.3 Å². The molecule has 1 aromatic carbocycles. The quantitative estimate of drug-likeness (QED) is 0.739. The molecule has 3 aromatic rings. The van der Waals surface area contributed by atoms with Gasteiger partial charge in [0.25, 0.3) is 5.56 Å². The molecular weight excluding hydrogens is 322 g/mol. The van der Waals surface area contributed by atoms with Crippen LogP contribution in [0.4, 0.5) is 0 Å². The maximum atomic E-state index is 11.8. The average Bonchev–Trinajstić information content (AvgIpc) is 3.04. The molecule has 0 atom stereocenters. The standard InChI is InChI=1S/C18H17N3O4/c1-20-11-15(16(7-17(20)22)25-12-18(23)24)14-8-19-21(10-14)9-13-5-3-2-4-6-13/h2-8,10-11H,9,12H2,1H3,(H,23,24). The highest BCUT2D eigenvalue weighted by Crippen LogP contribution is 2.28. The number of benzene rings is 1. The number of hydrogen-bond donors (Lipinski definition) is 1. The summed E-state index contributed by atoms with van der Waals surface area (Å²) in [6, 6.07) is 11.2. The Balaban J connectivity index is 1.91. The number of nitrogens with zero attached hydrogens (tertiary/aromatic N) is 3. The number of pyridine rings is 1. The lowest BCUT2D eigenvalue weighted by Gasteiger charge is -2.10. The van der Waals surface area contributed by atoms with E-state index in [0.29, 0.717) is 12.1 Å². The number of carboxylic acids is 1. The van der Waals surface area contributed by atoms with Crippen molar-refractivity contribution in [3.8, 4) is 16.9 Å². The van der Waals surface area contributed by atoms with E-state index in [2.05, 4.69) is 5.10 Å². The Bertz CT molecular complexity index is 944. The number of aromatic nitrogens is 3. The average molecular weight is 339 g/mol. The third kappa shape index (κ3) is 3.95. The molecule has 7 heteroatoms. The first kappa shape index (κ1) is 16.5. The van der Waals surface area contributed by atoms with Gasteiger partial charge >= 0.3 is 5.97 Å². The molecule has 2 aromatic heterocycles. The van der Waals surface area contributed by atoms with Crippen LogP contribution in [-0.2, 0) is 18.4 Å². The molecule has 0 bridgehead atoms. The number of rotatable bonds is 6. The summed E-state index contributed by atoms with van der Waals surface area (Å²) in [5.41, 5.74) is 2.19. The Morgan fingerprint density at radius 1 is 1.24 bits per heavy atom. The zero-order chi connectivity index (χ0) is 17.8. The SMILES string of the molecule is Cn1cc(-c2cnn(Cc3ccccc3)c2)c(OCC(=O)O)cc1=O. The summed E-state index contributed by atoms with van der Waals surface area (Å²) >= 11 is 0. The fourth-order valence-electron chi connectivity index (χ4n) is 2.45. The van der Waals surface area contributed by atoms with Crippen LogP contribution in [-0.4, -0.2) is 32.0 Å². The number of aliphatic carboxylic acids is 1. The van der Waals surface area contributed by atoms with E-state index in [4.69, 9.17) is 9.84 Å². The van der Waals surface area contributed by atoms with Gasteiger partial charge in [-0.3, -0.25) is 9.48 Å². The second-order valence-electron chi connectivity index (χ2n) is 5.60. The van der Waals surface area contributed by atoms with Crippen molar-refractivity contribution in [2.75, 3.05) is 6.61 Å². The first-order chi connectivity index (χ1) is 12.0. The minimum absolute atomic E-state index is 0.227. The normalized spacial score (nSPS) is 10.6. The second-order valence-corrected chi connectivity index (χ2v) is 5.60. The fraction of sp³-hybridized carbons (Fsp3) is 0.167. The number of carboxylic acid groups (broad SMARTS) is 1. The van der Waals surface area contributed by atoms with E-state index in [1.165, 1.54) is 10.6 Å². The minimum atomic E-state index is -1.11. The zero-order valence-corrected chi connectivity index (χ0v) is 13.6. The van der Waals surface area contributed by atoms with E-state index in [1.807, 2.05) is 36.5 Å². The zero-order valence-electron chi connectivity index (χ0n) is 13.6. The summed E-state index contributed by atoms with van der Waals surface area (Å²) < 4.78 is 8.46. The molecule has 1 N–H and O–H groups in total. The summed E-state index contributed by atoms with van der Waals surface area (Å²) in [5.74, 6) is -0.879. The molecule has 0 amide bonds. The largest absolute Gasteiger partial charge is 0.481 e. The van der Waals surface area contributed by atoms with E-state index in [9.17, 15) is 9.59 Å². The van der Waals surface area contributed by atoms with Crippen LogP contribution in [0, 0.1) is 0 Å². The van der Waals surface area contributed by atoms with Crippen LogP contribution in [0.3, 0.4) is 0 Å². The summed E-state index contributed by atoms with van der Waals surface area (Å²) in [7, 11) is 1.63. The van der Waals surface area contributed by atoms with Crippen LogP contribution in [0.25, 0.3) is 11.1 Å². The van der Waals surface area contributed by atoms with Crippen LogP contribution in [0.2, 0.25) is 0 Å². The predicted molar refractivity (Wildman–Crippen MR) is 91.6 cm³/mol. The molecule has 0 unspecified atom stereocenters. The summed E-state index contributed by atoms with van der Waals surface area (Å²) in [6.45, 7) is 0.0935. The Hall–Kier alpha value is -3.35. The predicted octanol–water partition coefficient (Wildman–Crippen LogP) is 1.76. The molecule has 0 fully saturated rings. The van der Waals surface area contributed by atoms with E-state index in [1.54, 1.807) is 24.1 Å².